The molecule has 112 valence electrons. The number of halogens is 3. The van der Waals surface area contributed by atoms with Gasteiger partial charge in [-0.1, -0.05) is 26.7 Å². The quantitative estimate of drug-likeness (QED) is 0.727. The van der Waals surface area contributed by atoms with E-state index in [4.69, 9.17) is 0 Å². The molecular formula is C16H21BrF2O. The van der Waals surface area contributed by atoms with Gasteiger partial charge in [-0.2, -0.15) is 0 Å². The number of hydrogen-bond acceptors (Lipinski definition) is 1. The van der Waals surface area contributed by atoms with E-state index < -0.39 is 23.2 Å². The molecular weight excluding hydrogens is 326 g/mol. The highest BCUT2D eigenvalue weighted by atomic mass is 79.9. The third kappa shape index (κ3) is 2.91. The van der Waals surface area contributed by atoms with Crippen LogP contribution in [0, 0.1) is 23.0 Å². The Morgan fingerprint density at radius 1 is 1.25 bits per heavy atom. The summed E-state index contributed by atoms with van der Waals surface area (Å²) < 4.78 is 28.4. The average Bonchev–Trinajstić information content (AvgIpc) is 2.83. The van der Waals surface area contributed by atoms with Crippen LogP contribution in [-0.2, 0) is 0 Å². The summed E-state index contributed by atoms with van der Waals surface area (Å²) in [7, 11) is 0. The van der Waals surface area contributed by atoms with Crippen LogP contribution in [0.15, 0.2) is 16.6 Å². The first-order chi connectivity index (χ1) is 9.37. The molecule has 1 nitrogen and oxygen atoms in total. The molecule has 1 atom stereocenters. The molecule has 1 unspecified atom stereocenters. The monoisotopic (exact) mass is 346 g/mol. The molecule has 0 amide bonds. The van der Waals surface area contributed by atoms with Crippen molar-refractivity contribution in [3.63, 3.8) is 0 Å². The van der Waals surface area contributed by atoms with Crippen LogP contribution in [0.3, 0.4) is 0 Å². The molecule has 1 N–H and O–H groups in total. The van der Waals surface area contributed by atoms with E-state index in [-0.39, 0.29) is 10.0 Å². The molecule has 1 fully saturated rings. The van der Waals surface area contributed by atoms with Crippen molar-refractivity contribution in [3.8, 4) is 0 Å². The van der Waals surface area contributed by atoms with Gasteiger partial charge in [-0.15, -0.1) is 0 Å². The van der Waals surface area contributed by atoms with Crippen LogP contribution >= 0.6 is 15.9 Å². The van der Waals surface area contributed by atoms with Crippen molar-refractivity contribution in [2.45, 2.75) is 52.1 Å². The third-order valence-corrected chi connectivity index (χ3v) is 4.96. The molecule has 0 aliphatic heterocycles. The molecule has 4 heteroatoms. The lowest BCUT2D eigenvalue weighted by molar-refractivity contribution is 0.00611. The Morgan fingerprint density at radius 2 is 1.85 bits per heavy atom. The van der Waals surface area contributed by atoms with Gasteiger partial charge in [0.25, 0.3) is 0 Å². The fourth-order valence-corrected chi connectivity index (χ4v) is 3.93. The second-order valence-corrected chi connectivity index (χ2v) is 7.18. The molecule has 0 bridgehead atoms. The van der Waals surface area contributed by atoms with Crippen LogP contribution in [0.25, 0.3) is 0 Å². The SMILES string of the molecule is CC(C)CC1(C(O)c2c(F)ccc(Br)c2F)CCCC1. The highest BCUT2D eigenvalue weighted by molar-refractivity contribution is 9.10. The summed E-state index contributed by atoms with van der Waals surface area (Å²) in [5.41, 5.74) is -0.571. The lowest BCUT2D eigenvalue weighted by Crippen LogP contribution is -2.29. The van der Waals surface area contributed by atoms with Crippen LogP contribution in [-0.4, -0.2) is 5.11 Å². The lowest BCUT2D eigenvalue weighted by atomic mass is 9.71. The second kappa shape index (κ2) is 6.10. The predicted molar refractivity (Wildman–Crippen MR) is 79.4 cm³/mol. The summed E-state index contributed by atoms with van der Waals surface area (Å²) in [5, 5.41) is 10.7. The zero-order chi connectivity index (χ0) is 14.9. The summed E-state index contributed by atoms with van der Waals surface area (Å²) in [4.78, 5) is 0. The first-order valence-electron chi connectivity index (χ1n) is 7.19. The van der Waals surface area contributed by atoms with Crippen LogP contribution in [0.2, 0.25) is 0 Å². The first kappa shape index (κ1) is 15.9. The Bertz CT molecular complexity index is 482. The van der Waals surface area contributed by atoms with Crippen molar-refractivity contribution in [2.75, 3.05) is 0 Å². The van der Waals surface area contributed by atoms with Gasteiger partial charge in [-0.25, -0.2) is 8.78 Å². The molecule has 0 aromatic heterocycles. The summed E-state index contributed by atoms with van der Waals surface area (Å²) in [6, 6.07) is 2.55. The molecule has 0 radical (unpaired) electrons. The topological polar surface area (TPSA) is 20.2 Å². The zero-order valence-electron chi connectivity index (χ0n) is 11.9. The van der Waals surface area contributed by atoms with Crippen molar-refractivity contribution in [2.24, 2.45) is 11.3 Å². The van der Waals surface area contributed by atoms with E-state index >= 15 is 0 Å². The van der Waals surface area contributed by atoms with Gasteiger partial charge in [-0.3, -0.25) is 0 Å². The Kier molecular flexibility index (Phi) is 4.85. The number of hydrogen-bond donors (Lipinski definition) is 1. The van der Waals surface area contributed by atoms with Gasteiger partial charge in [0.2, 0.25) is 0 Å². The van der Waals surface area contributed by atoms with E-state index in [9.17, 15) is 13.9 Å². The highest BCUT2D eigenvalue weighted by Crippen LogP contribution is 2.52. The van der Waals surface area contributed by atoms with Gasteiger partial charge in [-0.05, 0) is 53.2 Å². The highest BCUT2D eigenvalue weighted by Gasteiger charge is 2.43. The second-order valence-electron chi connectivity index (χ2n) is 6.33. The van der Waals surface area contributed by atoms with Gasteiger partial charge in [0.05, 0.1) is 16.1 Å². The Morgan fingerprint density at radius 3 is 2.40 bits per heavy atom. The largest absolute Gasteiger partial charge is 0.388 e. The van der Waals surface area contributed by atoms with E-state index in [1.165, 1.54) is 12.1 Å². The van der Waals surface area contributed by atoms with Gasteiger partial charge < -0.3 is 5.11 Å². The van der Waals surface area contributed by atoms with Crippen LogP contribution in [0.4, 0.5) is 8.78 Å². The van der Waals surface area contributed by atoms with Crippen molar-refractivity contribution in [1.82, 2.24) is 0 Å². The molecule has 1 aliphatic carbocycles. The van der Waals surface area contributed by atoms with Crippen molar-refractivity contribution in [1.29, 1.82) is 0 Å². The van der Waals surface area contributed by atoms with E-state index in [0.29, 0.717) is 5.92 Å². The maximum Gasteiger partial charge on any atom is 0.146 e. The molecule has 20 heavy (non-hydrogen) atoms. The third-order valence-electron chi connectivity index (χ3n) is 4.35. The van der Waals surface area contributed by atoms with Crippen LogP contribution in [0.1, 0.15) is 57.6 Å². The Balaban J connectivity index is 2.43. The number of benzene rings is 1. The average molecular weight is 347 g/mol. The molecule has 0 saturated heterocycles. The molecule has 1 aromatic rings. The molecule has 1 aromatic carbocycles. The minimum Gasteiger partial charge on any atom is -0.388 e. The minimum absolute atomic E-state index is 0.179. The fourth-order valence-electron chi connectivity index (χ4n) is 3.58. The molecule has 0 heterocycles. The maximum absolute atomic E-state index is 14.2. The molecule has 1 saturated carbocycles. The van der Waals surface area contributed by atoms with E-state index in [1.807, 2.05) is 0 Å². The van der Waals surface area contributed by atoms with Gasteiger partial charge in [0, 0.05) is 5.41 Å². The number of aliphatic hydroxyl groups excluding tert-OH is 1. The zero-order valence-corrected chi connectivity index (χ0v) is 13.5. The van der Waals surface area contributed by atoms with E-state index in [1.54, 1.807) is 0 Å². The van der Waals surface area contributed by atoms with E-state index in [2.05, 4.69) is 29.8 Å². The summed E-state index contributed by atoms with van der Waals surface area (Å²) >= 11 is 3.07. The minimum atomic E-state index is -1.08. The molecule has 0 spiro atoms. The number of aliphatic hydroxyl groups is 1. The molecule has 2 rings (SSSR count). The number of rotatable bonds is 4. The fraction of sp³-hybridized carbons (Fsp3) is 0.625. The smallest absolute Gasteiger partial charge is 0.146 e. The summed E-state index contributed by atoms with van der Waals surface area (Å²) in [6.07, 6.45) is 3.40. The van der Waals surface area contributed by atoms with Gasteiger partial charge >= 0.3 is 0 Å². The summed E-state index contributed by atoms with van der Waals surface area (Å²) in [6.45, 7) is 4.17. The Labute approximate surface area is 127 Å². The normalized spacial score (nSPS) is 19.6. The first-order valence-corrected chi connectivity index (χ1v) is 7.98. The van der Waals surface area contributed by atoms with Crippen molar-refractivity contribution >= 4 is 15.9 Å². The van der Waals surface area contributed by atoms with Crippen LogP contribution in [0.5, 0.6) is 0 Å². The van der Waals surface area contributed by atoms with Crippen molar-refractivity contribution in [3.05, 3.63) is 33.8 Å². The van der Waals surface area contributed by atoms with Crippen LogP contribution < -0.4 is 0 Å². The molecule has 1 aliphatic rings. The van der Waals surface area contributed by atoms with Crippen molar-refractivity contribution < 1.29 is 13.9 Å². The Hall–Kier alpha value is -0.480. The maximum atomic E-state index is 14.2. The predicted octanol–water partition coefficient (Wildman–Crippen LogP) is 5.37. The van der Waals surface area contributed by atoms with Gasteiger partial charge in [0.15, 0.2) is 0 Å². The summed E-state index contributed by atoms with van der Waals surface area (Å²) in [5.74, 6) is -0.943. The lowest BCUT2D eigenvalue weighted by Gasteiger charge is -2.36. The van der Waals surface area contributed by atoms with Gasteiger partial charge in [0.1, 0.15) is 11.6 Å². The standard InChI is InChI=1S/C16H21BrF2O/c1-10(2)9-16(7-3-4-8-16)15(20)13-12(18)6-5-11(17)14(13)19/h5-6,10,15,20H,3-4,7-9H2,1-2H3. The van der Waals surface area contributed by atoms with E-state index in [0.717, 1.165) is 32.1 Å².